The number of carbonyl (C=O) groups excluding carboxylic acids is 2. The molecule has 1 aliphatic rings. The second-order valence-corrected chi connectivity index (χ2v) is 8.97. The molecule has 0 saturated carbocycles. The summed E-state index contributed by atoms with van der Waals surface area (Å²) >= 11 is 0. The van der Waals surface area contributed by atoms with Crippen molar-refractivity contribution in [3.05, 3.63) is 71.8 Å². The minimum atomic E-state index is -0.160. The first-order valence-corrected chi connectivity index (χ1v) is 12.4. The van der Waals surface area contributed by atoms with Crippen molar-refractivity contribution in [3.63, 3.8) is 0 Å². The van der Waals surface area contributed by atoms with Crippen LogP contribution in [0.15, 0.2) is 60.7 Å². The smallest absolute Gasteiger partial charge is 0.254 e. The number of hydrogen-bond donors (Lipinski definition) is 0. The fourth-order valence-electron chi connectivity index (χ4n) is 4.28. The van der Waals surface area contributed by atoms with Gasteiger partial charge in [0.2, 0.25) is 5.91 Å². The fourth-order valence-corrected chi connectivity index (χ4v) is 4.28. The molecule has 36 heavy (non-hydrogen) atoms. The van der Waals surface area contributed by atoms with E-state index in [1.54, 1.807) is 36.3 Å². The molecule has 0 unspecified atom stereocenters. The molecule has 0 aliphatic carbocycles. The molecular formula is C28H33N5O3. The molecular weight excluding hydrogens is 454 g/mol. The number of rotatable bonds is 8. The summed E-state index contributed by atoms with van der Waals surface area (Å²) in [6, 6.07) is 19.2. The largest absolute Gasteiger partial charge is 0.497 e. The second-order valence-electron chi connectivity index (χ2n) is 8.97. The Kier molecular flexibility index (Phi) is 8.15. The lowest BCUT2D eigenvalue weighted by atomic mass is 10.1. The minimum absolute atomic E-state index is 0.0415. The first-order valence-electron chi connectivity index (χ1n) is 12.4. The van der Waals surface area contributed by atoms with Gasteiger partial charge in [0.1, 0.15) is 12.3 Å². The number of nitrogens with zero attached hydrogens (tertiary/aromatic N) is 5. The third-order valence-corrected chi connectivity index (χ3v) is 6.38. The zero-order valence-corrected chi connectivity index (χ0v) is 21.2. The third kappa shape index (κ3) is 6.00. The molecule has 1 saturated heterocycles. The van der Waals surface area contributed by atoms with Crippen molar-refractivity contribution in [2.24, 2.45) is 0 Å². The molecule has 0 N–H and O–H groups in total. The van der Waals surface area contributed by atoms with E-state index >= 15 is 0 Å². The van der Waals surface area contributed by atoms with Gasteiger partial charge >= 0.3 is 0 Å². The number of benzene rings is 2. The summed E-state index contributed by atoms with van der Waals surface area (Å²) in [4.78, 5) is 31.7. The normalized spacial score (nSPS) is 13.4. The van der Waals surface area contributed by atoms with Gasteiger partial charge in [-0.05, 0) is 43.7 Å². The highest BCUT2D eigenvalue weighted by Crippen LogP contribution is 2.20. The number of hydrogen-bond acceptors (Lipinski definition) is 6. The van der Waals surface area contributed by atoms with E-state index in [9.17, 15) is 9.59 Å². The van der Waals surface area contributed by atoms with Crippen LogP contribution in [0, 0.1) is 6.92 Å². The zero-order chi connectivity index (χ0) is 25.5. The molecule has 1 aromatic heterocycles. The third-order valence-electron chi connectivity index (χ3n) is 6.38. The van der Waals surface area contributed by atoms with Gasteiger partial charge in [-0.3, -0.25) is 9.59 Å². The monoisotopic (exact) mass is 487 g/mol. The van der Waals surface area contributed by atoms with Crippen LogP contribution < -0.4 is 9.64 Å². The van der Waals surface area contributed by atoms with E-state index in [4.69, 9.17) is 4.74 Å². The number of methoxy groups -OCH3 is 1. The van der Waals surface area contributed by atoms with Gasteiger partial charge in [0.25, 0.3) is 5.91 Å². The summed E-state index contributed by atoms with van der Waals surface area (Å²) in [7, 11) is 1.57. The maximum atomic E-state index is 13.1. The number of anilines is 1. The zero-order valence-electron chi connectivity index (χ0n) is 21.2. The molecule has 0 atom stereocenters. The van der Waals surface area contributed by atoms with Crippen LogP contribution in [0.2, 0.25) is 0 Å². The Morgan fingerprint density at radius 3 is 2.36 bits per heavy atom. The number of aromatic nitrogens is 2. The summed E-state index contributed by atoms with van der Waals surface area (Å²) in [6.45, 7) is 7.13. The molecule has 2 amide bonds. The Balaban J connectivity index is 1.34. The molecule has 1 aliphatic heterocycles. The molecule has 2 heterocycles. The van der Waals surface area contributed by atoms with Gasteiger partial charge in [-0.1, -0.05) is 42.8 Å². The van der Waals surface area contributed by atoms with Gasteiger partial charge in [0.05, 0.1) is 12.8 Å². The van der Waals surface area contributed by atoms with E-state index in [0.717, 1.165) is 23.5 Å². The van der Waals surface area contributed by atoms with E-state index in [-0.39, 0.29) is 18.4 Å². The van der Waals surface area contributed by atoms with Gasteiger partial charge in [-0.2, -0.15) is 0 Å². The lowest BCUT2D eigenvalue weighted by molar-refractivity contribution is -0.132. The maximum absolute atomic E-state index is 13.1. The highest BCUT2D eigenvalue weighted by atomic mass is 16.5. The topological polar surface area (TPSA) is 78.9 Å². The van der Waals surface area contributed by atoms with Crippen molar-refractivity contribution >= 4 is 17.6 Å². The lowest BCUT2D eigenvalue weighted by Gasteiger charge is -2.36. The second kappa shape index (κ2) is 11.7. The van der Waals surface area contributed by atoms with Gasteiger partial charge < -0.3 is 19.4 Å². The Morgan fingerprint density at radius 2 is 1.72 bits per heavy atom. The van der Waals surface area contributed by atoms with Gasteiger partial charge in [0, 0.05) is 43.9 Å². The maximum Gasteiger partial charge on any atom is 0.254 e. The summed E-state index contributed by atoms with van der Waals surface area (Å²) < 4.78 is 5.24. The van der Waals surface area contributed by atoms with Crippen molar-refractivity contribution in [3.8, 4) is 17.0 Å². The van der Waals surface area contributed by atoms with Crippen LogP contribution in [0.25, 0.3) is 11.3 Å². The standard InChI is InChI=1S/C28H33N5O3/c1-4-14-33(28(35)23-6-5-7-24(19-23)36-3)20-27(34)32-17-15-31(16-18-32)26-13-12-25(29-30-26)22-10-8-21(2)9-11-22/h5-13,19H,4,14-18,20H2,1-3H3. The molecule has 3 aromatic rings. The summed E-state index contributed by atoms with van der Waals surface area (Å²) in [6.07, 6.45) is 0.772. The average molecular weight is 488 g/mol. The number of piperazine rings is 1. The summed E-state index contributed by atoms with van der Waals surface area (Å²) in [5.74, 6) is 1.22. The molecule has 4 rings (SSSR count). The first-order chi connectivity index (χ1) is 17.5. The van der Waals surface area contributed by atoms with E-state index in [1.807, 2.05) is 36.1 Å². The summed E-state index contributed by atoms with van der Waals surface area (Å²) in [5, 5.41) is 8.83. The Bertz CT molecular complexity index is 1170. The summed E-state index contributed by atoms with van der Waals surface area (Å²) in [5.41, 5.74) is 3.60. The fraction of sp³-hybridized carbons (Fsp3) is 0.357. The van der Waals surface area contributed by atoms with Crippen molar-refractivity contribution in [2.75, 3.05) is 51.3 Å². The van der Waals surface area contributed by atoms with Crippen LogP contribution in [0.1, 0.15) is 29.3 Å². The van der Waals surface area contributed by atoms with E-state index in [1.165, 1.54) is 5.56 Å². The van der Waals surface area contributed by atoms with E-state index < -0.39 is 0 Å². The average Bonchev–Trinajstić information content (AvgIpc) is 2.93. The lowest BCUT2D eigenvalue weighted by Crippen LogP contribution is -2.52. The first kappa shape index (κ1) is 25.2. The van der Waals surface area contributed by atoms with Crippen LogP contribution in [-0.2, 0) is 4.79 Å². The molecule has 0 radical (unpaired) electrons. The number of ether oxygens (including phenoxy) is 1. The van der Waals surface area contributed by atoms with Crippen LogP contribution in [0.3, 0.4) is 0 Å². The Morgan fingerprint density at radius 1 is 0.972 bits per heavy atom. The van der Waals surface area contributed by atoms with Crippen molar-refractivity contribution in [1.82, 2.24) is 20.0 Å². The number of aryl methyl sites for hydroxylation is 1. The van der Waals surface area contributed by atoms with Crippen LogP contribution >= 0.6 is 0 Å². The Labute approximate surface area is 212 Å². The van der Waals surface area contributed by atoms with Gasteiger partial charge in [-0.15, -0.1) is 10.2 Å². The van der Waals surface area contributed by atoms with Crippen LogP contribution in [-0.4, -0.2) is 78.2 Å². The molecule has 8 nitrogen and oxygen atoms in total. The van der Waals surface area contributed by atoms with E-state index in [2.05, 4.69) is 34.2 Å². The molecule has 0 spiro atoms. The van der Waals surface area contributed by atoms with Crippen LogP contribution in [0.5, 0.6) is 5.75 Å². The molecule has 0 bridgehead atoms. The van der Waals surface area contributed by atoms with Crippen molar-refractivity contribution in [2.45, 2.75) is 20.3 Å². The quantitative estimate of drug-likeness (QED) is 0.483. The van der Waals surface area contributed by atoms with Gasteiger partial charge in [0.15, 0.2) is 5.82 Å². The number of amides is 2. The van der Waals surface area contributed by atoms with Crippen LogP contribution in [0.4, 0.5) is 5.82 Å². The predicted molar refractivity (Wildman–Crippen MR) is 140 cm³/mol. The molecule has 188 valence electrons. The minimum Gasteiger partial charge on any atom is -0.497 e. The highest BCUT2D eigenvalue weighted by Gasteiger charge is 2.26. The van der Waals surface area contributed by atoms with Crippen molar-refractivity contribution < 1.29 is 14.3 Å². The molecule has 2 aromatic carbocycles. The SMILES string of the molecule is CCCN(CC(=O)N1CCN(c2ccc(-c3ccc(C)cc3)nn2)CC1)C(=O)c1cccc(OC)c1. The van der Waals surface area contributed by atoms with Crippen molar-refractivity contribution in [1.29, 1.82) is 0 Å². The molecule has 8 heteroatoms. The Hall–Kier alpha value is -3.94. The van der Waals surface area contributed by atoms with E-state index in [0.29, 0.717) is 44.0 Å². The predicted octanol–water partition coefficient (Wildman–Crippen LogP) is 3.66. The molecule has 1 fully saturated rings. The van der Waals surface area contributed by atoms with Gasteiger partial charge in [-0.25, -0.2) is 0 Å². The number of carbonyl (C=O) groups is 2. The highest BCUT2D eigenvalue weighted by molar-refractivity contribution is 5.96.